The van der Waals surface area contributed by atoms with Crippen LogP contribution in [0.2, 0.25) is 5.02 Å². The Labute approximate surface area is 183 Å². The molecule has 0 fully saturated rings. The number of nitrogens with one attached hydrogen (secondary N) is 1. The number of benzene rings is 2. The van der Waals surface area contributed by atoms with Gasteiger partial charge in [-0.2, -0.15) is 13.2 Å². The van der Waals surface area contributed by atoms with Gasteiger partial charge in [0.2, 0.25) is 0 Å². The predicted octanol–water partition coefficient (Wildman–Crippen LogP) is 4.94. The van der Waals surface area contributed by atoms with Gasteiger partial charge in [0.25, 0.3) is 0 Å². The number of rotatable bonds is 4. The molecule has 0 amide bonds. The van der Waals surface area contributed by atoms with E-state index in [1.54, 1.807) is 43.1 Å². The molecule has 1 N–H and O–H groups in total. The van der Waals surface area contributed by atoms with Crippen molar-refractivity contribution in [2.75, 3.05) is 14.2 Å². The molecule has 0 spiro atoms. The molecule has 3 rings (SSSR count). The molecule has 31 heavy (non-hydrogen) atoms. The second-order valence-corrected chi connectivity index (χ2v) is 7.41. The first kappa shape index (κ1) is 22.7. The molecule has 1 atom stereocenters. The molecule has 1 aliphatic heterocycles. The molecular formula is C22H21ClF3N3O2. The molecule has 5 nitrogen and oxygen atoms in total. The van der Waals surface area contributed by atoms with Crippen molar-refractivity contribution >= 4 is 23.5 Å². The number of esters is 1. The number of guanidine groups is 1. The zero-order chi connectivity index (χ0) is 22.8. The third kappa shape index (κ3) is 4.85. The molecule has 164 valence electrons. The summed E-state index contributed by atoms with van der Waals surface area (Å²) >= 11 is 6.12. The Bertz CT molecular complexity index is 1050. The number of halogens is 4. The van der Waals surface area contributed by atoms with Crippen molar-refractivity contribution in [1.29, 1.82) is 0 Å². The van der Waals surface area contributed by atoms with Crippen LogP contribution in [0.5, 0.6) is 0 Å². The van der Waals surface area contributed by atoms with E-state index in [1.165, 1.54) is 25.3 Å². The Morgan fingerprint density at radius 1 is 1.23 bits per heavy atom. The van der Waals surface area contributed by atoms with Crippen LogP contribution in [0.3, 0.4) is 0 Å². The lowest BCUT2D eigenvalue weighted by molar-refractivity contribution is -0.138. The maximum atomic E-state index is 13.3. The minimum Gasteiger partial charge on any atom is -0.466 e. The van der Waals surface area contributed by atoms with Gasteiger partial charge in [-0.1, -0.05) is 41.9 Å². The van der Waals surface area contributed by atoms with Gasteiger partial charge in [-0.05, 0) is 36.2 Å². The SMILES string of the molecule is COC(=O)C1=C(C)N(C)C(=NCc2ccccc2C(F)(F)F)NC1c1cccc(Cl)c1. The van der Waals surface area contributed by atoms with E-state index in [0.29, 0.717) is 27.8 Å². The molecule has 0 aliphatic carbocycles. The first-order valence-electron chi connectivity index (χ1n) is 9.37. The van der Waals surface area contributed by atoms with Gasteiger partial charge in [-0.25, -0.2) is 9.79 Å². The van der Waals surface area contributed by atoms with E-state index in [4.69, 9.17) is 16.3 Å². The summed E-state index contributed by atoms with van der Waals surface area (Å²) in [5.41, 5.74) is 0.952. The van der Waals surface area contributed by atoms with E-state index >= 15 is 0 Å². The number of methoxy groups -OCH3 is 1. The van der Waals surface area contributed by atoms with Crippen LogP contribution in [0.4, 0.5) is 13.2 Å². The van der Waals surface area contributed by atoms with Crippen molar-refractivity contribution in [2.24, 2.45) is 4.99 Å². The van der Waals surface area contributed by atoms with Gasteiger partial charge in [0.15, 0.2) is 5.96 Å². The third-order valence-corrected chi connectivity index (χ3v) is 5.32. The number of carbonyl (C=O) groups is 1. The van der Waals surface area contributed by atoms with E-state index in [0.717, 1.165) is 6.07 Å². The molecule has 0 bridgehead atoms. The number of ether oxygens (including phenoxy) is 1. The van der Waals surface area contributed by atoms with Crippen LogP contribution in [0.15, 0.2) is 64.8 Å². The predicted molar refractivity (Wildman–Crippen MR) is 112 cm³/mol. The fraction of sp³-hybridized carbons (Fsp3) is 0.273. The summed E-state index contributed by atoms with van der Waals surface area (Å²) in [6, 6.07) is 11.6. The molecule has 2 aromatic carbocycles. The van der Waals surface area contributed by atoms with Crippen molar-refractivity contribution in [3.05, 3.63) is 81.5 Å². The quantitative estimate of drug-likeness (QED) is 0.669. The zero-order valence-electron chi connectivity index (χ0n) is 17.1. The molecule has 1 heterocycles. The smallest absolute Gasteiger partial charge is 0.416 e. The number of alkyl halides is 3. The summed E-state index contributed by atoms with van der Waals surface area (Å²) in [6.45, 7) is 1.54. The van der Waals surface area contributed by atoms with E-state index in [-0.39, 0.29) is 12.1 Å². The molecule has 1 unspecified atom stereocenters. The van der Waals surface area contributed by atoms with Crippen LogP contribution in [-0.4, -0.2) is 31.0 Å². The number of hydrogen-bond acceptors (Lipinski definition) is 3. The first-order chi connectivity index (χ1) is 14.6. The summed E-state index contributed by atoms with van der Waals surface area (Å²) in [5, 5.41) is 3.63. The molecular weight excluding hydrogens is 431 g/mol. The standard InChI is InChI=1S/C22H21ClF3N3O2/c1-13-18(20(30)31-3)19(14-8-6-9-16(23)11-14)28-21(29(13)2)27-12-15-7-4-5-10-17(15)22(24,25)26/h4-11,19H,12H2,1-3H3,(H,27,28). The van der Waals surface area contributed by atoms with Crippen LogP contribution in [0, 0.1) is 0 Å². The summed E-state index contributed by atoms with van der Waals surface area (Å²) in [6.07, 6.45) is -4.47. The highest BCUT2D eigenvalue weighted by atomic mass is 35.5. The summed E-state index contributed by atoms with van der Waals surface area (Å²) in [5.74, 6) is -0.199. The van der Waals surface area contributed by atoms with Gasteiger partial charge >= 0.3 is 12.1 Å². The second kappa shape index (κ2) is 9.01. The van der Waals surface area contributed by atoms with Gasteiger partial charge in [0.05, 0.1) is 30.8 Å². The number of allylic oxidation sites excluding steroid dienone is 1. The lowest BCUT2D eigenvalue weighted by Crippen LogP contribution is -2.47. The van der Waals surface area contributed by atoms with Gasteiger partial charge < -0.3 is 15.0 Å². The lowest BCUT2D eigenvalue weighted by atomic mass is 9.95. The van der Waals surface area contributed by atoms with Crippen molar-refractivity contribution < 1.29 is 22.7 Å². The second-order valence-electron chi connectivity index (χ2n) is 6.98. The first-order valence-corrected chi connectivity index (χ1v) is 9.75. The van der Waals surface area contributed by atoms with Crippen LogP contribution in [0.1, 0.15) is 29.7 Å². The molecule has 9 heteroatoms. The highest BCUT2D eigenvalue weighted by molar-refractivity contribution is 6.30. The van der Waals surface area contributed by atoms with Crippen molar-refractivity contribution in [2.45, 2.75) is 25.7 Å². The Hall–Kier alpha value is -3.00. The largest absolute Gasteiger partial charge is 0.466 e. The van der Waals surface area contributed by atoms with E-state index in [1.807, 2.05) is 0 Å². The Balaban J connectivity index is 2.02. The highest BCUT2D eigenvalue weighted by Crippen LogP contribution is 2.34. The Morgan fingerprint density at radius 2 is 1.94 bits per heavy atom. The van der Waals surface area contributed by atoms with E-state index in [2.05, 4.69) is 10.3 Å². The molecule has 1 aliphatic rings. The molecule has 2 aromatic rings. The zero-order valence-corrected chi connectivity index (χ0v) is 17.9. The number of aliphatic imine (C=N–C) groups is 1. The van der Waals surface area contributed by atoms with E-state index < -0.39 is 23.8 Å². The number of hydrogen-bond donors (Lipinski definition) is 1. The van der Waals surface area contributed by atoms with Gasteiger partial charge in [-0.3, -0.25) is 0 Å². The molecule has 0 aromatic heterocycles. The van der Waals surface area contributed by atoms with Crippen LogP contribution < -0.4 is 5.32 Å². The lowest BCUT2D eigenvalue weighted by Gasteiger charge is -2.36. The maximum absolute atomic E-state index is 13.3. The van der Waals surface area contributed by atoms with Gasteiger partial charge in [-0.15, -0.1) is 0 Å². The fourth-order valence-electron chi connectivity index (χ4n) is 3.40. The van der Waals surface area contributed by atoms with Crippen LogP contribution in [-0.2, 0) is 22.3 Å². The van der Waals surface area contributed by atoms with Crippen molar-refractivity contribution in [3.63, 3.8) is 0 Å². The number of carbonyl (C=O) groups excluding carboxylic acids is 1. The van der Waals surface area contributed by atoms with Crippen LogP contribution in [0.25, 0.3) is 0 Å². The molecule has 0 saturated heterocycles. The minimum absolute atomic E-state index is 0.0532. The summed E-state index contributed by atoms with van der Waals surface area (Å²) in [4.78, 5) is 18.5. The third-order valence-electron chi connectivity index (χ3n) is 5.08. The van der Waals surface area contributed by atoms with Crippen molar-refractivity contribution in [1.82, 2.24) is 10.2 Å². The van der Waals surface area contributed by atoms with Crippen LogP contribution >= 0.6 is 11.6 Å². The maximum Gasteiger partial charge on any atom is 0.416 e. The summed E-state index contributed by atoms with van der Waals surface area (Å²) in [7, 11) is 2.96. The molecule has 0 saturated carbocycles. The minimum atomic E-state index is -4.47. The normalized spacial score (nSPS) is 18.2. The average Bonchev–Trinajstić information content (AvgIpc) is 2.73. The van der Waals surface area contributed by atoms with Gasteiger partial charge in [0.1, 0.15) is 0 Å². The van der Waals surface area contributed by atoms with E-state index in [9.17, 15) is 18.0 Å². The molecule has 0 radical (unpaired) electrons. The topological polar surface area (TPSA) is 53.9 Å². The highest BCUT2D eigenvalue weighted by Gasteiger charge is 2.35. The Kier molecular flexibility index (Phi) is 6.59. The Morgan fingerprint density at radius 3 is 2.58 bits per heavy atom. The fourth-order valence-corrected chi connectivity index (χ4v) is 3.60. The number of nitrogens with zero attached hydrogens (tertiary/aromatic N) is 2. The average molecular weight is 452 g/mol. The summed E-state index contributed by atoms with van der Waals surface area (Å²) < 4.78 is 44.9. The monoisotopic (exact) mass is 451 g/mol. The van der Waals surface area contributed by atoms with Crippen molar-refractivity contribution in [3.8, 4) is 0 Å². The van der Waals surface area contributed by atoms with Gasteiger partial charge in [0, 0.05) is 17.8 Å².